The molecule has 0 spiro atoms. The van der Waals surface area contributed by atoms with Gasteiger partial charge in [0.15, 0.2) is 0 Å². The second-order valence-corrected chi connectivity index (χ2v) is 7.83. The van der Waals surface area contributed by atoms with Crippen molar-refractivity contribution in [1.82, 2.24) is 9.80 Å². The number of anilines is 2. The summed E-state index contributed by atoms with van der Waals surface area (Å²) in [4.78, 5) is 28.4. The van der Waals surface area contributed by atoms with Crippen LogP contribution in [0.25, 0.3) is 0 Å². The molecule has 1 aliphatic rings. The molecule has 2 N–H and O–H groups in total. The Morgan fingerprint density at radius 3 is 2.19 bits per heavy atom. The van der Waals surface area contributed by atoms with E-state index in [1.165, 1.54) is 5.56 Å². The monoisotopic (exact) mass is 386 g/mol. The van der Waals surface area contributed by atoms with Crippen molar-refractivity contribution >= 4 is 34.6 Å². The van der Waals surface area contributed by atoms with Crippen molar-refractivity contribution in [3.63, 3.8) is 0 Å². The van der Waals surface area contributed by atoms with Gasteiger partial charge in [-0.15, -0.1) is 0 Å². The molecule has 1 saturated heterocycles. The number of piperazine rings is 1. The predicted molar refractivity (Wildman–Crippen MR) is 110 cm³/mol. The number of hydrogen-bond donors (Lipinski definition) is 2. The summed E-state index contributed by atoms with van der Waals surface area (Å²) in [7, 11) is 0. The molecule has 0 atom stereocenters. The normalized spacial score (nSPS) is 15.0. The zero-order valence-electron chi connectivity index (χ0n) is 15.8. The van der Waals surface area contributed by atoms with Crippen molar-refractivity contribution in [2.45, 2.75) is 20.4 Å². The number of thiophene rings is 1. The van der Waals surface area contributed by atoms with Crippen LogP contribution in [0.4, 0.5) is 16.2 Å². The average Bonchev–Trinajstić information content (AvgIpc) is 3.17. The molecule has 1 aromatic carbocycles. The van der Waals surface area contributed by atoms with Crippen LogP contribution in [0.1, 0.15) is 19.4 Å². The van der Waals surface area contributed by atoms with Gasteiger partial charge in [-0.1, -0.05) is 13.8 Å². The molecule has 27 heavy (non-hydrogen) atoms. The summed E-state index contributed by atoms with van der Waals surface area (Å²) in [6.45, 7) is 7.85. The Kier molecular flexibility index (Phi) is 6.47. The number of nitrogens with one attached hydrogen (secondary N) is 2. The molecule has 1 fully saturated rings. The lowest BCUT2D eigenvalue weighted by Crippen LogP contribution is -2.49. The van der Waals surface area contributed by atoms with Gasteiger partial charge in [0.2, 0.25) is 5.91 Å². The highest BCUT2D eigenvalue weighted by molar-refractivity contribution is 7.07. The van der Waals surface area contributed by atoms with E-state index in [2.05, 4.69) is 32.4 Å². The first-order chi connectivity index (χ1) is 13.0. The fraction of sp³-hybridized carbons (Fsp3) is 0.400. The average molecular weight is 387 g/mol. The van der Waals surface area contributed by atoms with Gasteiger partial charge >= 0.3 is 6.03 Å². The third kappa shape index (κ3) is 5.55. The Labute approximate surface area is 164 Å². The molecule has 3 amide bonds. The van der Waals surface area contributed by atoms with Gasteiger partial charge in [-0.2, -0.15) is 11.3 Å². The molecule has 0 aliphatic carbocycles. The fourth-order valence-corrected chi connectivity index (χ4v) is 3.54. The van der Waals surface area contributed by atoms with Crippen LogP contribution < -0.4 is 10.6 Å². The maximum Gasteiger partial charge on any atom is 0.321 e. The molecule has 7 heteroatoms. The molecule has 0 saturated carbocycles. The zero-order valence-corrected chi connectivity index (χ0v) is 16.6. The van der Waals surface area contributed by atoms with Gasteiger partial charge in [0.1, 0.15) is 0 Å². The van der Waals surface area contributed by atoms with Gasteiger partial charge in [0.05, 0.1) is 0 Å². The highest BCUT2D eigenvalue weighted by Gasteiger charge is 2.21. The van der Waals surface area contributed by atoms with Crippen LogP contribution in [0.2, 0.25) is 0 Å². The largest absolute Gasteiger partial charge is 0.326 e. The Balaban J connectivity index is 1.46. The number of carbonyl (C=O) groups excluding carboxylic acids is 2. The number of rotatable bonds is 5. The van der Waals surface area contributed by atoms with E-state index in [-0.39, 0.29) is 17.9 Å². The number of benzene rings is 1. The number of hydrogen-bond acceptors (Lipinski definition) is 4. The maximum absolute atomic E-state index is 12.5. The Morgan fingerprint density at radius 1 is 1.00 bits per heavy atom. The molecule has 0 unspecified atom stereocenters. The first-order valence-electron chi connectivity index (χ1n) is 9.21. The van der Waals surface area contributed by atoms with E-state index < -0.39 is 0 Å². The Bertz CT molecular complexity index is 751. The topological polar surface area (TPSA) is 64.7 Å². The van der Waals surface area contributed by atoms with Crippen LogP contribution in [0.5, 0.6) is 0 Å². The van der Waals surface area contributed by atoms with Gasteiger partial charge in [-0.25, -0.2) is 4.79 Å². The number of nitrogens with zero attached hydrogens (tertiary/aromatic N) is 2. The molecule has 0 radical (unpaired) electrons. The highest BCUT2D eigenvalue weighted by Crippen LogP contribution is 2.16. The third-order valence-corrected chi connectivity index (χ3v) is 5.31. The van der Waals surface area contributed by atoms with Gasteiger partial charge in [0, 0.05) is 50.0 Å². The highest BCUT2D eigenvalue weighted by atomic mass is 32.1. The van der Waals surface area contributed by atoms with E-state index in [1.54, 1.807) is 35.6 Å². The van der Waals surface area contributed by atoms with E-state index in [4.69, 9.17) is 0 Å². The standard InChI is InChI=1S/C20H26N4O2S/c1-15(2)19(25)21-17-3-5-18(6-4-17)22-20(26)24-10-8-23(9-11-24)13-16-7-12-27-14-16/h3-7,12,14-15H,8-11,13H2,1-2H3,(H,21,25)(H,22,26). The van der Waals surface area contributed by atoms with E-state index in [0.717, 1.165) is 44.1 Å². The lowest BCUT2D eigenvalue weighted by atomic mass is 10.2. The summed E-state index contributed by atoms with van der Waals surface area (Å²) in [5.74, 6) is -0.0881. The molecular weight excluding hydrogens is 360 g/mol. The summed E-state index contributed by atoms with van der Waals surface area (Å²) < 4.78 is 0. The summed E-state index contributed by atoms with van der Waals surface area (Å²) in [5.41, 5.74) is 2.79. The molecule has 1 aromatic heterocycles. The molecule has 0 bridgehead atoms. The minimum Gasteiger partial charge on any atom is -0.326 e. The third-order valence-electron chi connectivity index (χ3n) is 4.57. The summed E-state index contributed by atoms with van der Waals surface area (Å²) >= 11 is 1.72. The Morgan fingerprint density at radius 2 is 1.63 bits per heavy atom. The van der Waals surface area contributed by atoms with Crippen LogP contribution in [-0.2, 0) is 11.3 Å². The number of urea groups is 1. The second kappa shape index (κ2) is 9.01. The molecule has 1 aliphatic heterocycles. The molecule has 3 rings (SSSR count). The summed E-state index contributed by atoms with van der Waals surface area (Å²) in [5, 5.41) is 10.0. The minimum absolute atomic E-state index is 0.0212. The summed E-state index contributed by atoms with van der Waals surface area (Å²) in [6.07, 6.45) is 0. The second-order valence-electron chi connectivity index (χ2n) is 7.05. The van der Waals surface area contributed by atoms with Crippen molar-refractivity contribution < 1.29 is 9.59 Å². The van der Waals surface area contributed by atoms with Gasteiger partial charge in [-0.3, -0.25) is 9.69 Å². The number of carbonyl (C=O) groups is 2. The maximum atomic E-state index is 12.5. The SMILES string of the molecule is CC(C)C(=O)Nc1ccc(NC(=O)N2CCN(Cc3ccsc3)CC2)cc1. The lowest BCUT2D eigenvalue weighted by Gasteiger charge is -2.34. The van der Waals surface area contributed by atoms with Gasteiger partial charge in [0.25, 0.3) is 0 Å². The predicted octanol–water partition coefficient (Wildman–Crippen LogP) is 3.69. The van der Waals surface area contributed by atoms with Crippen molar-refractivity contribution in [2.75, 3.05) is 36.8 Å². The van der Waals surface area contributed by atoms with Crippen molar-refractivity contribution in [1.29, 1.82) is 0 Å². The van der Waals surface area contributed by atoms with Crippen LogP contribution in [0, 0.1) is 5.92 Å². The smallest absolute Gasteiger partial charge is 0.321 e. The molecule has 144 valence electrons. The Hall–Kier alpha value is -2.38. The van der Waals surface area contributed by atoms with E-state index in [1.807, 2.05) is 18.7 Å². The van der Waals surface area contributed by atoms with Crippen LogP contribution in [0.15, 0.2) is 41.1 Å². The van der Waals surface area contributed by atoms with Crippen molar-refractivity contribution in [3.05, 3.63) is 46.7 Å². The quantitative estimate of drug-likeness (QED) is 0.824. The van der Waals surface area contributed by atoms with Crippen molar-refractivity contribution in [2.24, 2.45) is 5.92 Å². The first-order valence-corrected chi connectivity index (χ1v) is 10.2. The zero-order chi connectivity index (χ0) is 19.2. The molecule has 6 nitrogen and oxygen atoms in total. The van der Waals surface area contributed by atoms with E-state index in [0.29, 0.717) is 0 Å². The molecule has 2 heterocycles. The van der Waals surface area contributed by atoms with Crippen molar-refractivity contribution in [3.8, 4) is 0 Å². The molecule has 2 aromatic rings. The van der Waals surface area contributed by atoms with E-state index in [9.17, 15) is 9.59 Å². The van der Waals surface area contributed by atoms with Gasteiger partial charge < -0.3 is 15.5 Å². The van der Waals surface area contributed by atoms with Crippen LogP contribution >= 0.6 is 11.3 Å². The van der Waals surface area contributed by atoms with Crippen LogP contribution in [-0.4, -0.2) is 47.9 Å². The summed E-state index contributed by atoms with van der Waals surface area (Å²) in [6, 6.07) is 9.28. The van der Waals surface area contributed by atoms with Crippen LogP contribution in [0.3, 0.4) is 0 Å². The minimum atomic E-state index is -0.0795. The fourth-order valence-electron chi connectivity index (χ4n) is 2.88. The lowest BCUT2D eigenvalue weighted by molar-refractivity contribution is -0.118. The van der Waals surface area contributed by atoms with Gasteiger partial charge in [-0.05, 0) is 46.7 Å². The first kappa shape index (κ1) is 19.4. The van der Waals surface area contributed by atoms with E-state index >= 15 is 0 Å². The molecular formula is C20H26N4O2S. The number of amides is 3.